The Morgan fingerprint density at radius 1 is 1.12 bits per heavy atom. The van der Waals surface area contributed by atoms with Crippen LogP contribution in [-0.2, 0) is 11.8 Å². The molecule has 2 aromatic rings. The first-order chi connectivity index (χ1) is 12.1. The Morgan fingerprint density at radius 3 is 2.44 bits per heavy atom. The molecule has 7 heteroatoms. The first-order valence-corrected chi connectivity index (χ1v) is 8.40. The third-order valence-electron chi connectivity index (χ3n) is 4.55. The summed E-state index contributed by atoms with van der Waals surface area (Å²) in [6.07, 6.45) is -0.316. The number of carbonyl (C=O) groups excluding carboxylic acids is 2. The third kappa shape index (κ3) is 3.14. The van der Waals surface area contributed by atoms with Gasteiger partial charge in [0.15, 0.2) is 0 Å². The van der Waals surface area contributed by atoms with Crippen molar-refractivity contribution >= 4 is 22.9 Å². The highest BCUT2D eigenvalue weighted by atomic mass is 16.6. The van der Waals surface area contributed by atoms with E-state index in [1.54, 1.807) is 23.8 Å². The van der Waals surface area contributed by atoms with Gasteiger partial charge in [-0.15, -0.1) is 0 Å². The molecule has 1 fully saturated rings. The van der Waals surface area contributed by atoms with Crippen LogP contribution in [0.15, 0.2) is 24.3 Å². The van der Waals surface area contributed by atoms with Crippen LogP contribution in [0.5, 0.6) is 5.75 Å². The lowest BCUT2D eigenvalue weighted by atomic mass is 10.2. The van der Waals surface area contributed by atoms with Crippen molar-refractivity contribution in [1.82, 2.24) is 14.4 Å². The molecule has 0 bridgehead atoms. The average molecular weight is 345 g/mol. The van der Waals surface area contributed by atoms with Crippen LogP contribution in [0.4, 0.5) is 4.79 Å². The molecule has 0 radical (unpaired) electrons. The number of piperazine rings is 1. The molecule has 1 aromatic heterocycles. The van der Waals surface area contributed by atoms with Gasteiger partial charge >= 0.3 is 6.09 Å². The number of hydrogen-bond acceptors (Lipinski definition) is 4. The normalized spacial score (nSPS) is 14.7. The van der Waals surface area contributed by atoms with Crippen molar-refractivity contribution in [2.24, 2.45) is 7.05 Å². The van der Waals surface area contributed by atoms with Gasteiger partial charge in [-0.1, -0.05) is 12.1 Å². The number of aryl methyl sites for hydroxylation is 1. The summed E-state index contributed by atoms with van der Waals surface area (Å²) in [5.74, 6) is 0.704. The first-order valence-electron chi connectivity index (χ1n) is 8.40. The van der Waals surface area contributed by atoms with Gasteiger partial charge in [0.1, 0.15) is 11.4 Å². The Morgan fingerprint density at radius 2 is 1.80 bits per heavy atom. The van der Waals surface area contributed by atoms with Crippen LogP contribution in [0.1, 0.15) is 17.4 Å². The second-order valence-electron chi connectivity index (χ2n) is 5.96. The Hall–Kier alpha value is -2.70. The van der Waals surface area contributed by atoms with Gasteiger partial charge < -0.3 is 23.8 Å². The van der Waals surface area contributed by atoms with E-state index in [1.165, 1.54) is 0 Å². The monoisotopic (exact) mass is 345 g/mol. The molecule has 2 amide bonds. The molecule has 1 saturated heterocycles. The van der Waals surface area contributed by atoms with Crippen LogP contribution in [-0.4, -0.2) is 66.3 Å². The van der Waals surface area contributed by atoms with E-state index < -0.39 is 0 Å². The Kier molecular flexibility index (Phi) is 4.83. The molecule has 134 valence electrons. The molecule has 2 heterocycles. The van der Waals surface area contributed by atoms with E-state index in [0.29, 0.717) is 38.5 Å². The number of hydrogen-bond donors (Lipinski definition) is 0. The smallest absolute Gasteiger partial charge is 0.409 e. The predicted molar refractivity (Wildman–Crippen MR) is 94.0 cm³/mol. The van der Waals surface area contributed by atoms with Gasteiger partial charge in [0.25, 0.3) is 5.91 Å². The number of methoxy groups -OCH3 is 1. The summed E-state index contributed by atoms with van der Waals surface area (Å²) in [6, 6.07) is 7.65. The van der Waals surface area contributed by atoms with Crippen LogP contribution in [0.25, 0.3) is 10.9 Å². The summed E-state index contributed by atoms with van der Waals surface area (Å²) in [7, 11) is 3.49. The first kappa shape index (κ1) is 17.1. The Balaban J connectivity index is 1.77. The number of para-hydroxylation sites is 1. The lowest BCUT2D eigenvalue weighted by Gasteiger charge is -2.34. The molecule has 1 aliphatic rings. The van der Waals surface area contributed by atoms with Crippen molar-refractivity contribution in [3.05, 3.63) is 30.0 Å². The van der Waals surface area contributed by atoms with E-state index in [9.17, 15) is 9.59 Å². The van der Waals surface area contributed by atoms with Crippen molar-refractivity contribution in [1.29, 1.82) is 0 Å². The summed E-state index contributed by atoms with van der Waals surface area (Å²) < 4.78 is 12.3. The van der Waals surface area contributed by atoms with Gasteiger partial charge in [-0.05, 0) is 19.1 Å². The Labute approximate surface area is 146 Å². The summed E-state index contributed by atoms with van der Waals surface area (Å²) in [5, 5.41) is 0.968. The summed E-state index contributed by atoms with van der Waals surface area (Å²) in [4.78, 5) is 28.1. The molecule has 0 atom stereocenters. The van der Waals surface area contributed by atoms with Crippen molar-refractivity contribution in [2.45, 2.75) is 6.92 Å². The topological polar surface area (TPSA) is 64.0 Å². The molecule has 1 aromatic carbocycles. The second kappa shape index (κ2) is 7.04. The molecule has 7 nitrogen and oxygen atoms in total. The van der Waals surface area contributed by atoms with Gasteiger partial charge in [-0.3, -0.25) is 4.79 Å². The number of carbonyl (C=O) groups is 2. The van der Waals surface area contributed by atoms with Crippen LogP contribution < -0.4 is 4.74 Å². The van der Waals surface area contributed by atoms with E-state index in [2.05, 4.69) is 0 Å². The largest absolute Gasteiger partial charge is 0.495 e. The van der Waals surface area contributed by atoms with Gasteiger partial charge in [-0.25, -0.2) is 4.79 Å². The fourth-order valence-electron chi connectivity index (χ4n) is 3.22. The Bertz CT molecular complexity index is 791. The van der Waals surface area contributed by atoms with E-state index in [0.717, 1.165) is 16.7 Å². The van der Waals surface area contributed by atoms with Crippen LogP contribution in [0.3, 0.4) is 0 Å². The van der Waals surface area contributed by atoms with Crippen molar-refractivity contribution < 1.29 is 19.1 Å². The van der Waals surface area contributed by atoms with Crippen molar-refractivity contribution in [3.8, 4) is 5.75 Å². The fraction of sp³-hybridized carbons (Fsp3) is 0.444. The van der Waals surface area contributed by atoms with Gasteiger partial charge in [0.05, 0.1) is 19.2 Å². The highest BCUT2D eigenvalue weighted by Crippen LogP contribution is 2.28. The minimum atomic E-state index is -0.316. The number of rotatable bonds is 3. The average Bonchev–Trinajstić information content (AvgIpc) is 2.98. The quantitative estimate of drug-likeness (QED) is 0.855. The molecule has 0 spiro atoms. The summed E-state index contributed by atoms with van der Waals surface area (Å²) in [5.41, 5.74) is 1.52. The number of benzene rings is 1. The highest BCUT2D eigenvalue weighted by Gasteiger charge is 2.27. The minimum absolute atomic E-state index is 0.0377. The number of ether oxygens (including phenoxy) is 2. The van der Waals surface area contributed by atoms with Gasteiger partial charge in [0, 0.05) is 38.6 Å². The van der Waals surface area contributed by atoms with E-state index >= 15 is 0 Å². The second-order valence-corrected chi connectivity index (χ2v) is 5.96. The van der Waals surface area contributed by atoms with Gasteiger partial charge in [-0.2, -0.15) is 0 Å². The van der Waals surface area contributed by atoms with Crippen LogP contribution in [0.2, 0.25) is 0 Å². The standard InChI is InChI=1S/C18H23N3O4/c1-4-25-18(23)21-10-8-20(9-11-21)17(22)14-12-13-6-5-7-15(24-3)16(13)19(14)2/h5-7,12H,4,8-11H2,1-3H3. The predicted octanol–water partition coefficient (Wildman–Crippen LogP) is 2.10. The van der Waals surface area contributed by atoms with Gasteiger partial charge in [0.2, 0.25) is 0 Å². The minimum Gasteiger partial charge on any atom is -0.495 e. The van der Waals surface area contributed by atoms with E-state index in [4.69, 9.17) is 9.47 Å². The maximum Gasteiger partial charge on any atom is 0.409 e. The SMILES string of the molecule is CCOC(=O)N1CCN(C(=O)c2cc3cccc(OC)c3n2C)CC1. The number of amides is 2. The molecular formula is C18H23N3O4. The van der Waals surface area contributed by atoms with E-state index in [1.807, 2.05) is 35.9 Å². The fourth-order valence-corrected chi connectivity index (χ4v) is 3.22. The highest BCUT2D eigenvalue weighted by molar-refractivity contribution is 6.00. The third-order valence-corrected chi connectivity index (χ3v) is 4.55. The van der Waals surface area contributed by atoms with Crippen LogP contribution in [0, 0.1) is 0 Å². The maximum absolute atomic E-state index is 12.9. The molecule has 1 aliphatic heterocycles. The number of aromatic nitrogens is 1. The van der Waals surface area contributed by atoms with Crippen molar-refractivity contribution in [3.63, 3.8) is 0 Å². The molecule has 0 aliphatic carbocycles. The van der Waals surface area contributed by atoms with E-state index in [-0.39, 0.29) is 12.0 Å². The lowest BCUT2D eigenvalue weighted by molar-refractivity contribution is 0.0563. The lowest BCUT2D eigenvalue weighted by Crippen LogP contribution is -2.51. The zero-order valence-electron chi connectivity index (χ0n) is 14.8. The molecule has 25 heavy (non-hydrogen) atoms. The zero-order valence-corrected chi connectivity index (χ0v) is 14.8. The zero-order chi connectivity index (χ0) is 18.0. The molecule has 0 N–H and O–H groups in total. The molecule has 0 saturated carbocycles. The molecule has 0 unspecified atom stereocenters. The number of nitrogens with zero attached hydrogens (tertiary/aromatic N) is 3. The summed E-state index contributed by atoms with van der Waals surface area (Å²) >= 11 is 0. The molecular weight excluding hydrogens is 322 g/mol. The van der Waals surface area contributed by atoms with Crippen molar-refractivity contribution in [2.75, 3.05) is 39.9 Å². The number of fused-ring (bicyclic) bond motifs is 1. The summed E-state index contributed by atoms with van der Waals surface area (Å²) in [6.45, 7) is 4.10. The molecule has 3 rings (SSSR count). The maximum atomic E-state index is 12.9. The van der Waals surface area contributed by atoms with Crippen LogP contribution >= 0.6 is 0 Å².